The molecule has 1 N–H and O–H groups in total. The molecular weight excluding hydrogens is 214 g/mol. The summed E-state index contributed by atoms with van der Waals surface area (Å²) in [4.78, 5) is 22.2. The highest BCUT2D eigenvalue weighted by molar-refractivity contribution is 6.30. The van der Waals surface area contributed by atoms with Gasteiger partial charge in [-0.15, -0.1) is 0 Å². The molecule has 1 aromatic rings. The van der Waals surface area contributed by atoms with Crippen molar-refractivity contribution in [1.82, 2.24) is 5.32 Å². The van der Waals surface area contributed by atoms with Crippen LogP contribution < -0.4 is 5.32 Å². The van der Waals surface area contributed by atoms with Gasteiger partial charge in [-0.3, -0.25) is 9.59 Å². The number of carbonyl (C=O) groups excluding carboxylic acids is 2. The summed E-state index contributed by atoms with van der Waals surface area (Å²) in [6.45, 7) is 0. The van der Waals surface area contributed by atoms with Gasteiger partial charge in [-0.2, -0.15) is 0 Å². The van der Waals surface area contributed by atoms with Crippen LogP contribution in [0.25, 0.3) is 6.08 Å². The van der Waals surface area contributed by atoms with Crippen LogP contribution in [0.4, 0.5) is 0 Å². The van der Waals surface area contributed by atoms with Crippen molar-refractivity contribution in [3.05, 3.63) is 40.5 Å². The quantitative estimate of drug-likeness (QED) is 0.580. The molecule has 0 bridgehead atoms. The molecule has 1 fully saturated rings. The Hall–Kier alpha value is -1.61. The van der Waals surface area contributed by atoms with Gasteiger partial charge in [-0.1, -0.05) is 23.7 Å². The van der Waals surface area contributed by atoms with Crippen molar-refractivity contribution < 1.29 is 9.59 Å². The Balaban J connectivity index is 2.27. The minimum absolute atomic E-state index is 0.0561. The lowest BCUT2D eigenvalue weighted by Gasteiger charge is -1.97. The highest BCUT2D eigenvalue weighted by atomic mass is 35.5. The van der Waals surface area contributed by atoms with Crippen molar-refractivity contribution in [1.29, 1.82) is 0 Å². The van der Waals surface area contributed by atoms with E-state index in [9.17, 15) is 9.59 Å². The molecule has 0 unspecified atom stereocenters. The first-order valence-electron chi connectivity index (χ1n) is 4.45. The smallest absolute Gasteiger partial charge is 0.232 e. The lowest BCUT2D eigenvalue weighted by Crippen LogP contribution is -2.12. The number of halogens is 1. The molecule has 76 valence electrons. The van der Waals surface area contributed by atoms with Crippen LogP contribution in [-0.4, -0.2) is 11.7 Å². The van der Waals surface area contributed by atoms with Gasteiger partial charge < -0.3 is 5.32 Å². The van der Waals surface area contributed by atoms with Crippen LogP contribution in [0.2, 0.25) is 5.02 Å². The number of carbonyl (C=O) groups is 2. The van der Waals surface area contributed by atoms with Gasteiger partial charge in [0.15, 0.2) is 5.78 Å². The van der Waals surface area contributed by atoms with Gasteiger partial charge in [-0.25, -0.2) is 0 Å². The minimum Gasteiger partial charge on any atom is -0.323 e. The van der Waals surface area contributed by atoms with E-state index < -0.39 is 0 Å². The van der Waals surface area contributed by atoms with E-state index in [0.29, 0.717) is 10.7 Å². The number of benzene rings is 1. The second-order valence-electron chi connectivity index (χ2n) is 3.26. The second-order valence-corrected chi connectivity index (χ2v) is 3.69. The van der Waals surface area contributed by atoms with E-state index in [-0.39, 0.29) is 18.1 Å². The van der Waals surface area contributed by atoms with Gasteiger partial charge in [0.2, 0.25) is 5.91 Å². The average Bonchev–Trinajstić information content (AvgIpc) is 2.49. The van der Waals surface area contributed by atoms with Crippen LogP contribution in [0.15, 0.2) is 30.0 Å². The summed E-state index contributed by atoms with van der Waals surface area (Å²) >= 11 is 5.72. The molecule has 15 heavy (non-hydrogen) atoms. The topological polar surface area (TPSA) is 46.2 Å². The second kappa shape index (κ2) is 3.87. The molecule has 1 aliphatic rings. The van der Waals surface area contributed by atoms with E-state index in [1.54, 1.807) is 30.3 Å². The number of amides is 1. The van der Waals surface area contributed by atoms with Crippen molar-refractivity contribution in [2.45, 2.75) is 6.42 Å². The summed E-state index contributed by atoms with van der Waals surface area (Å²) in [6, 6.07) is 7.03. The lowest BCUT2D eigenvalue weighted by molar-refractivity contribution is -0.121. The molecule has 4 heteroatoms. The normalized spacial score (nSPS) is 18.3. The molecule has 1 saturated heterocycles. The zero-order chi connectivity index (χ0) is 10.8. The number of ketones is 1. The van der Waals surface area contributed by atoms with Crippen LogP contribution in [0.1, 0.15) is 12.0 Å². The fraction of sp³-hybridized carbons (Fsp3) is 0.0909. The van der Waals surface area contributed by atoms with Crippen LogP contribution in [0.5, 0.6) is 0 Å². The monoisotopic (exact) mass is 221 g/mol. The summed E-state index contributed by atoms with van der Waals surface area (Å²) in [5.41, 5.74) is 1.19. The number of hydrogen-bond donors (Lipinski definition) is 1. The molecule has 1 aliphatic heterocycles. The van der Waals surface area contributed by atoms with Crippen LogP contribution >= 0.6 is 11.6 Å². The molecule has 0 atom stereocenters. The van der Waals surface area contributed by atoms with Gasteiger partial charge in [0.25, 0.3) is 0 Å². The van der Waals surface area contributed by atoms with Gasteiger partial charge in [0.1, 0.15) is 0 Å². The molecule has 0 aromatic heterocycles. The first kappa shape index (κ1) is 9.93. The van der Waals surface area contributed by atoms with Crippen molar-refractivity contribution in [2.75, 3.05) is 0 Å². The van der Waals surface area contributed by atoms with Crippen molar-refractivity contribution in [3.8, 4) is 0 Å². The zero-order valence-electron chi connectivity index (χ0n) is 7.79. The molecule has 1 amide bonds. The van der Waals surface area contributed by atoms with E-state index >= 15 is 0 Å². The van der Waals surface area contributed by atoms with Gasteiger partial charge in [-0.05, 0) is 23.8 Å². The Morgan fingerprint density at radius 3 is 2.40 bits per heavy atom. The van der Waals surface area contributed by atoms with Crippen molar-refractivity contribution in [2.24, 2.45) is 0 Å². The SMILES string of the molecule is O=C1CC(=O)/C(=C/c2ccc(Cl)cc2)N1. The molecular formula is C11H8ClNO2. The number of rotatable bonds is 1. The maximum Gasteiger partial charge on any atom is 0.232 e. The van der Waals surface area contributed by atoms with Gasteiger partial charge in [0, 0.05) is 5.02 Å². The fourth-order valence-electron chi connectivity index (χ4n) is 1.35. The Morgan fingerprint density at radius 2 is 1.87 bits per heavy atom. The molecule has 1 aromatic carbocycles. The molecule has 1 heterocycles. The Morgan fingerprint density at radius 1 is 1.20 bits per heavy atom. The predicted molar refractivity (Wildman–Crippen MR) is 57.2 cm³/mol. The molecule has 0 radical (unpaired) electrons. The van der Waals surface area contributed by atoms with Crippen molar-refractivity contribution >= 4 is 29.4 Å². The Kier molecular flexibility index (Phi) is 2.56. The van der Waals surface area contributed by atoms with E-state index in [1.165, 1.54) is 0 Å². The van der Waals surface area contributed by atoms with Crippen LogP contribution in [-0.2, 0) is 9.59 Å². The third-order valence-corrected chi connectivity index (χ3v) is 2.33. The third kappa shape index (κ3) is 2.25. The predicted octanol–water partition coefficient (Wildman–Crippen LogP) is 1.77. The molecule has 0 spiro atoms. The molecule has 2 rings (SSSR count). The highest BCUT2D eigenvalue weighted by Gasteiger charge is 2.23. The standard InChI is InChI=1S/C11H8ClNO2/c12-8-3-1-7(2-4-8)5-9-10(14)6-11(15)13-9/h1-5H,6H2,(H,13,15)/b9-5-. The number of Topliss-reactive ketones (excluding diaryl/α,β-unsaturated/α-hetero) is 1. The number of nitrogens with one attached hydrogen (secondary N) is 1. The number of allylic oxidation sites excluding steroid dienone is 1. The van der Waals surface area contributed by atoms with Crippen LogP contribution in [0, 0.1) is 0 Å². The lowest BCUT2D eigenvalue weighted by atomic mass is 10.1. The summed E-state index contributed by atoms with van der Waals surface area (Å²) in [5.74, 6) is -0.421. The first-order valence-corrected chi connectivity index (χ1v) is 4.83. The fourth-order valence-corrected chi connectivity index (χ4v) is 1.47. The maximum absolute atomic E-state index is 11.3. The third-order valence-electron chi connectivity index (χ3n) is 2.08. The Bertz CT molecular complexity index is 448. The Labute approximate surface area is 91.7 Å². The largest absolute Gasteiger partial charge is 0.323 e. The van der Waals surface area contributed by atoms with Crippen molar-refractivity contribution in [3.63, 3.8) is 0 Å². The molecule has 0 aliphatic carbocycles. The summed E-state index contributed by atoms with van der Waals surface area (Å²) in [5, 5.41) is 3.14. The summed E-state index contributed by atoms with van der Waals surface area (Å²) in [7, 11) is 0. The van der Waals surface area contributed by atoms with Gasteiger partial charge >= 0.3 is 0 Å². The first-order chi connectivity index (χ1) is 7.15. The summed E-state index contributed by atoms with van der Waals surface area (Å²) in [6.07, 6.45) is 1.59. The maximum atomic E-state index is 11.3. The van der Waals surface area contributed by atoms with E-state index in [4.69, 9.17) is 11.6 Å². The van der Waals surface area contributed by atoms with E-state index in [1.807, 2.05) is 0 Å². The average molecular weight is 222 g/mol. The number of hydrogen-bond acceptors (Lipinski definition) is 2. The highest BCUT2D eigenvalue weighted by Crippen LogP contribution is 2.14. The molecule has 0 saturated carbocycles. The van der Waals surface area contributed by atoms with Crippen LogP contribution in [0.3, 0.4) is 0 Å². The molecule has 3 nitrogen and oxygen atoms in total. The summed E-state index contributed by atoms with van der Waals surface area (Å²) < 4.78 is 0. The zero-order valence-corrected chi connectivity index (χ0v) is 8.54. The minimum atomic E-state index is -0.250. The van der Waals surface area contributed by atoms with Gasteiger partial charge in [0.05, 0.1) is 12.1 Å². The van der Waals surface area contributed by atoms with E-state index in [0.717, 1.165) is 5.56 Å². The van der Waals surface area contributed by atoms with E-state index in [2.05, 4.69) is 5.32 Å².